The molecule has 2 saturated carbocycles. The predicted molar refractivity (Wildman–Crippen MR) is 389 cm³/mol. The normalized spacial score (nSPS) is 13.4. The molecule has 0 heterocycles. The summed E-state index contributed by atoms with van der Waals surface area (Å²) in [5.41, 5.74) is 9.05. The summed E-state index contributed by atoms with van der Waals surface area (Å²) >= 11 is 0. The second kappa shape index (κ2) is 61.3. The van der Waals surface area contributed by atoms with Crippen molar-refractivity contribution in [2.75, 3.05) is 21.3 Å². The van der Waals surface area contributed by atoms with Crippen molar-refractivity contribution < 1.29 is 167 Å². The fourth-order valence-electron chi connectivity index (χ4n) is 9.02. The van der Waals surface area contributed by atoms with Gasteiger partial charge >= 0.3 is 35.9 Å². The molecule has 632 valence electrons. The van der Waals surface area contributed by atoms with Gasteiger partial charge in [0.15, 0.2) is 58.2 Å². The fraction of sp³-hybridized carbons (Fsp3) is 0.455. The van der Waals surface area contributed by atoms with E-state index < -0.39 is 172 Å². The van der Waals surface area contributed by atoms with Crippen LogP contribution in [-0.2, 0) is 118 Å². The number of amides is 1. The number of allylic oxidation sites excluding steroid dienone is 1. The Morgan fingerprint density at radius 3 is 1.18 bits per heavy atom. The van der Waals surface area contributed by atoms with Gasteiger partial charge in [0.05, 0.1) is 40.6 Å². The third kappa shape index (κ3) is 51.2. The molecule has 7 rings (SSSR count). The minimum Gasteiger partial charge on any atom is -0.481 e. The Bertz CT molecular complexity index is 3660. The number of carboxylic acid groups (broad SMARTS) is 2. The zero-order chi connectivity index (χ0) is 83.1. The number of nitrogens with one attached hydrogen (secondary N) is 1. The van der Waals surface area contributed by atoms with E-state index in [1.807, 2.05) is 0 Å². The summed E-state index contributed by atoms with van der Waals surface area (Å²) in [6.07, 6.45) is 15.9. The summed E-state index contributed by atoms with van der Waals surface area (Å²) in [4.78, 5) is 76.4. The number of aliphatic carboxylic acids is 2. The average molecular weight is 1940 g/mol. The van der Waals surface area contributed by atoms with Crippen LogP contribution in [0.15, 0.2) is 72.4 Å². The van der Waals surface area contributed by atoms with Crippen LogP contribution in [-0.4, -0.2) is 91.0 Å². The van der Waals surface area contributed by atoms with Crippen molar-refractivity contribution in [2.24, 2.45) is 23.3 Å². The standard InChI is InChI=1S/C15H18F3NO4.C11H12F3NO2.C11H10F3NO2.C11H9F3O3.C8H5F3O2.C8H15.C5H10.2C4H9.Fe.HI.Pt/c1-15(2,3)23-14(22)19-9(6-13(20)21)4-8-5-11(17)12(18)7-10(8)16;3*1-17-11(16)4-7(15)2-6-3-9(13)10(14)5-8(6)12;9-5-3-7(11)6(10)1-4(5)2-8(12)13;1-3-8-6-4-5-7(8)2;1-2-4-5-3-1;2*1-3-4-2;;;/h5,7,9H,4,6H2,1-3H3,(H,19,22)(H,20,21);3,5,7H,2,4,15H2,1H3;3-5H,2,15H2,1H3;3,5H,2,4H2,1H3;1,3H,2H2,(H,12,13);3,7-8H,4-6H2,1-2H3;1-5H2;2*1,3-4H2,2H3;;1H;/q;;;;;-1;;2*-1;;;/b;;7-4-;;;;;;;;;/t9-;7-;;;;;;;;;;/m11........../s1. The van der Waals surface area contributed by atoms with E-state index in [2.05, 4.69) is 67.5 Å². The number of methoxy groups -OCH3 is 3. The molecule has 111 heavy (non-hydrogen) atoms. The summed E-state index contributed by atoms with van der Waals surface area (Å²) < 4.78 is 211. The Kier molecular flexibility index (Phi) is 62.1. The minimum atomic E-state index is -1.35. The molecule has 2 aliphatic rings. The summed E-state index contributed by atoms with van der Waals surface area (Å²) in [7, 11) is 3.46. The number of alkyl carbamates (subject to hydrolysis) is 1. The Balaban J connectivity index is -0.000000395. The van der Waals surface area contributed by atoms with E-state index in [0.717, 1.165) is 51.0 Å². The number of unbranched alkanes of at least 4 members (excludes halogenated alkanes) is 2. The van der Waals surface area contributed by atoms with Crippen LogP contribution in [0.25, 0.3) is 0 Å². The first-order valence-corrected chi connectivity index (χ1v) is 33.9. The first kappa shape index (κ1) is 112. The van der Waals surface area contributed by atoms with Gasteiger partial charge in [-0.3, -0.25) is 24.0 Å². The molecule has 2 unspecified atom stereocenters. The van der Waals surface area contributed by atoms with Crippen LogP contribution in [0.2, 0.25) is 0 Å². The molecule has 0 saturated heterocycles. The zero-order valence-electron chi connectivity index (χ0n) is 63.1. The molecule has 7 N–H and O–H groups in total. The molecule has 5 aromatic carbocycles. The van der Waals surface area contributed by atoms with Crippen LogP contribution >= 0.6 is 24.0 Å². The van der Waals surface area contributed by atoms with E-state index in [-0.39, 0.29) is 121 Å². The molecule has 34 heteroatoms. The number of nitrogens with two attached hydrogens (primary N) is 2. The van der Waals surface area contributed by atoms with Crippen LogP contribution in [0.4, 0.5) is 70.7 Å². The number of carbonyl (C=O) groups excluding carboxylic acids is 5. The van der Waals surface area contributed by atoms with Crippen LogP contribution in [0.1, 0.15) is 173 Å². The molecular formula is C77H98F15FeIN3O13Pt-3. The molecule has 0 aliphatic heterocycles. The number of carbonyl (C=O) groups is 7. The number of Topliss-reactive ketones (excluding diaryl/α,β-unsaturated/α-hetero) is 1. The van der Waals surface area contributed by atoms with Crippen LogP contribution < -0.4 is 16.8 Å². The predicted octanol–water partition coefficient (Wildman–Crippen LogP) is 18.2. The van der Waals surface area contributed by atoms with Gasteiger partial charge in [-0.15, -0.1) is 24.0 Å². The van der Waals surface area contributed by atoms with E-state index in [9.17, 15) is 99.4 Å². The second-order valence-corrected chi connectivity index (χ2v) is 25.0. The Morgan fingerprint density at radius 2 is 0.874 bits per heavy atom. The summed E-state index contributed by atoms with van der Waals surface area (Å²) in [6.45, 7) is 20.8. The number of carboxylic acids is 2. The topological polar surface area (TPSA) is 261 Å². The minimum absolute atomic E-state index is 0. The van der Waals surface area contributed by atoms with Gasteiger partial charge in [-0.2, -0.15) is 25.7 Å². The Labute approximate surface area is 680 Å². The molecule has 1 amide bonds. The van der Waals surface area contributed by atoms with E-state index in [4.69, 9.17) is 26.4 Å². The van der Waals surface area contributed by atoms with Crippen LogP contribution in [0, 0.1) is 119 Å². The van der Waals surface area contributed by atoms with Gasteiger partial charge in [-0.1, -0.05) is 90.9 Å². The van der Waals surface area contributed by atoms with Gasteiger partial charge in [0.1, 0.15) is 46.9 Å². The van der Waals surface area contributed by atoms with Gasteiger partial charge < -0.3 is 66.2 Å². The van der Waals surface area contributed by atoms with E-state index in [1.54, 1.807) is 20.8 Å². The van der Waals surface area contributed by atoms with Crippen molar-refractivity contribution in [3.8, 4) is 0 Å². The van der Waals surface area contributed by atoms with Crippen molar-refractivity contribution in [3.63, 3.8) is 0 Å². The smallest absolute Gasteiger partial charge is 0.407 e. The van der Waals surface area contributed by atoms with Gasteiger partial charge in [0.2, 0.25) is 0 Å². The van der Waals surface area contributed by atoms with Crippen molar-refractivity contribution in [3.05, 3.63) is 208 Å². The van der Waals surface area contributed by atoms with Crippen molar-refractivity contribution in [2.45, 2.75) is 195 Å². The maximum absolute atomic E-state index is 13.6. The number of halogens is 16. The number of benzene rings is 5. The maximum Gasteiger partial charge on any atom is 0.407 e. The SMILES string of the molecule is C1CCCC1.CC(C)(C)OC(=O)N[C@@H](CC(=O)O)Cc1cc(F)c(F)cc1F.COC(=O)/C=C(\N)Cc1cc(F)c(F)cc1F.COC(=O)CC(=O)Cc1cc(F)c(F)cc1F.COC(=O)C[C@H](N)Cc1cc(F)c(F)cc1F.C[CH-]C1CCCC1C.I.O=C(O)Cc1cc(F)c(F)cc1F.[CH2-]CCC.[CH2-]CCC.[Fe].[Pt]. The molecule has 0 spiro atoms. The van der Waals surface area contributed by atoms with Crippen molar-refractivity contribution >= 4 is 65.7 Å². The first-order chi connectivity index (χ1) is 50.5. The van der Waals surface area contributed by atoms with Gasteiger partial charge in [-0.05, 0) is 86.2 Å². The summed E-state index contributed by atoms with van der Waals surface area (Å²) in [5, 5.41) is 19.4. The third-order valence-electron chi connectivity index (χ3n) is 14.7. The molecular weight excluding hydrogens is 1840 g/mol. The second-order valence-electron chi connectivity index (χ2n) is 25.0. The number of esters is 3. The van der Waals surface area contributed by atoms with Gasteiger partial charge in [-0.25, -0.2) is 75.4 Å². The molecule has 16 nitrogen and oxygen atoms in total. The third-order valence-corrected chi connectivity index (χ3v) is 14.7. The van der Waals surface area contributed by atoms with E-state index in [1.165, 1.54) is 71.3 Å². The molecule has 0 aromatic heterocycles. The number of rotatable bonds is 21. The maximum atomic E-state index is 13.6. The molecule has 0 radical (unpaired) electrons. The van der Waals surface area contributed by atoms with Crippen LogP contribution in [0.3, 0.4) is 0 Å². The number of ether oxygens (including phenoxy) is 4. The average Bonchev–Trinajstić information content (AvgIpc) is 1.70. The van der Waals surface area contributed by atoms with Crippen LogP contribution in [0.5, 0.6) is 0 Å². The molecule has 2 fully saturated rings. The fourth-order valence-corrected chi connectivity index (χ4v) is 9.02. The first-order valence-electron chi connectivity index (χ1n) is 33.9. The quantitative estimate of drug-likeness (QED) is 0.00526. The van der Waals surface area contributed by atoms with Gasteiger partial charge in [0.25, 0.3) is 0 Å². The largest absolute Gasteiger partial charge is 0.481 e. The summed E-state index contributed by atoms with van der Waals surface area (Å²) in [5.74, 6) is -20.8. The van der Waals surface area contributed by atoms with Crippen molar-refractivity contribution in [1.29, 1.82) is 0 Å². The zero-order valence-corrected chi connectivity index (χ0v) is 68.8. The van der Waals surface area contributed by atoms with Gasteiger partial charge in [0, 0.05) is 111 Å². The van der Waals surface area contributed by atoms with E-state index in [0.29, 0.717) is 54.6 Å². The number of ketones is 1. The molecule has 4 atom stereocenters. The molecule has 2 aliphatic carbocycles. The molecule has 0 bridgehead atoms. The number of hydrogen-bond acceptors (Lipinski definition) is 13. The monoisotopic (exact) mass is 1940 g/mol. The molecule has 5 aromatic rings. The Hall–Kier alpha value is -7.22. The van der Waals surface area contributed by atoms with Crippen molar-refractivity contribution in [1.82, 2.24) is 5.32 Å². The summed E-state index contributed by atoms with van der Waals surface area (Å²) in [6, 6.07) is 3.40. The Morgan fingerprint density at radius 1 is 0.532 bits per heavy atom. The van der Waals surface area contributed by atoms with E-state index >= 15 is 0 Å². The number of hydrogen-bond donors (Lipinski definition) is 5.